The normalized spacial score (nSPS) is 17.5. The van der Waals surface area contributed by atoms with Crippen molar-refractivity contribution in [3.05, 3.63) is 29.3 Å². The fraction of sp³-hybridized carbons (Fsp3) is 0.533. The van der Waals surface area contributed by atoms with Crippen LogP contribution in [0.1, 0.15) is 43.2 Å². The molecular weight excluding hydrogens is 210 g/mol. The number of ether oxygens (including phenoxy) is 1. The van der Waals surface area contributed by atoms with Crippen LogP contribution in [0, 0.1) is 6.92 Å². The molecule has 1 aliphatic rings. The van der Waals surface area contributed by atoms with Crippen molar-refractivity contribution in [1.82, 2.24) is 0 Å². The SMILES string of the molecule is COc1cccc(C=NC2CCCCC2)c1C. The number of hydrogen-bond donors (Lipinski definition) is 0. The number of nitrogens with zero attached hydrogens (tertiary/aromatic N) is 1. The third-order valence-electron chi connectivity index (χ3n) is 3.55. The Morgan fingerprint density at radius 1 is 1.24 bits per heavy atom. The summed E-state index contributed by atoms with van der Waals surface area (Å²) in [5.74, 6) is 0.942. The van der Waals surface area contributed by atoms with Crippen LogP contribution in [0.2, 0.25) is 0 Å². The molecule has 0 aliphatic heterocycles. The van der Waals surface area contributed by atoms with Gasteiger partial charge in [0, 0.05) is 12.3 Å². The smallest absolute Gasteiger partial charge is 0.122 e. The number of rotatable bonds is 3. The highest BCUT2D eigenvalue weighted by molar-refractivity contribution is 5.82. The Bertz CT molecular complexity index is 392. The average molecular weight is 231 g/mol. The van der Waals surface area contributed by atoms with Crippen LogP contribution in [0.4, 0.5) is 0 Å². The molecule has 2 rings (SSSR count). The first kappa shape index (κ1) is 12.2. The minimum absolute atomic E-state index is 0.536. The fourth-order valence-corrected chi connectivity index (χ4v) is 2.41. The van der Waals surface area contributed by atoms with E-state index in [-0.39, 0.29) is 0 Å². The minimum atomic E-state index is 0.536. The van der Waals surface area contributed by atoms with Gasteiger partial charge in [0.2, 0.25) is 0 Å². The highest BCUT2D eigenvalue weighted by Crippen LogP contribution is 2.22. The molecule has 0 N–H and O–H groups in total. The van der Waals surface area contributed by atoms with E-state index in [0.717, 1.165) is 5.75 Å². The lowest BCUT2D eigenvalue weighted by atomic mass is 9.96. The standard InChI is InChI=1S/C15H21NO/c1-12-13(7-6-10-15(12)17-2)11-16-14-8-4-3-5-9-14/h6-7,10-11,14H,3-5,8-9H2,1-2H3. The Labute approximate surface area is 104 Å². The van der Waals surface area contributed by atoms with Crippen molar-refractivity contribution in [3.63, 3.8) is 0 Å². The third-order valence-corrected chi connectivity index (χ3v) is 3.55. The second-order valence-electron chi connectivity index (χ2n) is 4.74. The largest absolute Gasteiger partial charge is 0.496 e. The summed E-state index contributed by atoms with van der Waals surface area (Å²) >= 11 is 0. The molecule has 0 atom stereocenters. The van der Waals surface area contributed by atoms with Crippen LogP contribution >= 0.6 is 0 Å². The molecule has 0 unspecified atom stereocenters. The average Bonchev–Trinajstić information content (AvgIpc) is 2.39. The lowest BCUT2D eigenvalue weighted by molar-refractivity contribution is 0.411. The predicted octanol–water partition coefficient (Wildman–Crippen LogP) is 3.76. The van der Waals surface area contributed by atoms with E-state index in [0.29, 0.717) is 6.04 Å². The predicted molar refractivity (Wildman–Crippen MR) is 72.2 cm³/mol. The maximum Gasteiger partial charge on any atom is 0.122 e. The van der Waals surface area contributed by atoms with Crippen molar-refractivity contribution in [2.45, 2.75) is 45.1 Å². The van der Waals surface area contributed by atoms with Gasteiger partial charge in [0.25, 0.3) is 0 Å². The van der Waals surface area contributed by atoms with Gasteiger partial charge in [-0.3, -0.25) is 4.99 Å². The van der Waals surface area contributed by atoms with Crippen LogP contribution in [-0.4, -0.2) is 19.4 Å². The summed E-state index contributed by atoms with van der Waals surface area (Å²) in [6, 6.07) is 6.65. The minimum Gasteiger partial charge on any atom is -0.496 e. The molecule has 1 aromatic rings. The van der Waals surface area contributed by atoms with Gasteiger partial charge in [0.15, 0.2) is 0 Å². The molecule has 0 heterocycles. The van der Waals surface area contributed by atoms with Crippen LogP contribution in [0.5, 0.6) is 5.75 Å². The zero-order chi connectivity index (χ0) is 12.1. The van der Waals surface area contributed by atoms with E-state index in [4.69, 9.17) is 9.73 Å². The Morgan fingerprint density at radius 3 is 2.71 bits per heavy atom. The Morgan fingerprint density at radius 2 is 2.00 bits per heavy atom. The van der Waals surface area contributed by atoms with Crippen molar-refractivity contribution in [2.75, 3.05) is 7.11 Å². The van der Waals surface area contributed by atoms with Crippen molar-refractivity contribution < 1.29 is 4.74 Å². The molecular formula is C15H21NO. The van der Waals surface area contributed by atoms with Crippen LogP contribution in [-0.2, 0) is 0 Å². The van der Waals surface area contributed by atoms with E-state index in [2.05, 4.69) is 13.0 Å². The van der Waals surface area contributed by atoms with Gasteiger partial charge < -0.3 is 4.74 Å². The monoisotopic (exact) mass is 231 g/mol. The number of aliphatic imine (C=N–C) groups is 1. The maximum atomic E-state index is 5.32. The van der Waals surface area contributed by atoms with Gasteiger partial charge in [0.1, 0.15) is 5.75 Å². The Kier molecular flexibility index (Phi) is 4.18. The Hall–Kier alpha value is -1.31. The number of benzene rings is 1. The van der Waals surface area contributed by atoms with Crippen molar-refractivity contribution in [2.24, 2.45) is 4.99 Å². The molecule has 0 amide bonds. The van der Waals surface area contributed by atoms with Crippen LogP contribution in [0.15, 0.2) is 23.2 Å². The Balaban J connectivity index is 2.09. The lowest BCUT2D eigenvalue weighted by Crippen LogP contribution is -2.09. The van der Waals surface area contributed by atoms with Gasteiger partial charge in [0.05, 0.1) is 7.11 Å². The van der Waals surface area contributed by atoms with E-state index < -0.39 is 0 Å². The summed E-state index contributed by atoms with van der Waals surface area (Å²) in [7, 11) is 1.71. The molecule has 1 aliphatic carbocycles. The van der Waals surface area contributed by atoms with E-state index in [1.807, 2.05) is 18.3 Å². The molecule has 2 heteroatoms. The second-order valence-corrected chi connectivity index (χ2v) is 4.74. The molecule has 1 saturated carbocycles. The first-order valence-electron chi connectivity index (χ1n) is 6.48. The summed E-state index contributed by atoms with van der Waals surface area (Å²) in [5, 5.41) is 0. The first-order chi connectivity index (χ1) is 8.31. The van der Waals surface area contributed by atoms with E-state index in [9.17, 15) is 0 Å². The zero-order valence-corrected chi connectivity index (χ0v) is 10.8. The molecule has 1 aromatic carbocycles. The quantitative estimate of drug-likeness (QED) is 0.726. The van der Waals surface area contributed by atoms with Gasteiger partial charge in [-0.15, -0.1) is 0 Å². The third kappa shape index (κ3) is 3.09. The molecule has 17 heavy (non-hydrogen) atoms. The summed E-state index contributed by atoms with van der Waals surface area (Å²) < 4.78 is 5.32. The molecule has 0 saturated heterocycles. The lowest BCUT2D eigenvalue weighted by Gasteiger charge is -2.17. The molecule has 1 fully saturated rings. The van der Waals surface area contributed by atoms with Crippen molar-refractivity contribution in [3.8, 4) is 5.75 Å². The van der Waals surface area contributed by atoms with Crippen molar-refractivity contribution in [1.29, 1.82) is 0 Å². The highest BCUT2D eigenvalue weighted by atomic mass is 16.5. The molecule has 92 valence electrons. The molecule has 0 radical (unpaired) electrons. The first-order valence-corrected chi connectivity index (χ1v) is 6.48. The van der Waals surface area contributed by atoms with E-state index >= 15 is 0 Å². The van der Waals surface area contributed by atoms with Gasteiger partial charge in [-0.1, -0.05) is 31.4 Å². The zero-order valence-electron chi connectivity index (χ0n) is 10.8. The van der Waals surface area contributed by atoms with Crippen LogP contribution < -0.4 is 4.74 Å². The highest BCUT2D eigenvalue weighted by Gasteiger charge is 2.11. The van der Waals surface area contributed by atoms with Crippen LogP contribution in [0.3, 0.4) is 0 Å². The van der Waals surface area contributed by atoms with E-state index in [1.54, 1.807) is 7.11 Å². The molecule has 2 nitrogen and oxygen atoms in total. The van der Waals surface area contributed by atoms with Gasteiger partial charge >= 0.3 is 0 Å². The molecule has 0 bridgehead atoms. The summed E-state index contributed by atoms with van der Waals surface area (Å²) in [6.07, 6.45) is 8.56. The van der Waals surface area contributed by atoms with Crippen LogP contribution in [0.25, 0.3) is 0 Å². The summed E-state index contributed by atoms with van der Waals surface area (Å²) in [5.41, 5.74) is 2.35. The molecule has 0 spiro atoms. The van der Waals surface area contributed by atoms with Gasteiger partial charge in [-0.2, -0.15) is 0 Å². The summed E-state index contributed by atoms with van der Waals surface area (Å²) in [6.45, 7) is 2.08. The van der Waals surface area contributed by atoms with E-state index in [1.165, 1.54) is 43.2 Å². The van der Waals surface area contributed by atoms with Gasteiger partial charge in [-0.05, 0) is 37.0 Å². The number of hydrogen-bond acceptors (Lipinski definition) is 2. The van der Waals surface area contributed by atoms with Crippen molar-refractivity contribution >= 4 is 6.21 Å². The second kappa shape index (κ2) is 5.85. The number of methoxy groups -OCH3 is 1. The fourth-order valence-electron chi connectivity index (χ4n) is 2.41. The summed E-state index contributed by atoms with van der Waals surface area (Å²) in [4.78, 5) is 4.71. The van der Waals surface area contributed by atoms with Gasteiger partial charge in [-0.25, -0.2) is 0 Å². The molecule has 0 aromatic heterocycles. The topological polar surface area (TPSA) is 21.6 Å². The maximum absolute atomic E-state index is 5.32.